The number of methoxy groups -OCH3 is 1. The molecule has 5 heteroatoms. The van der Waals surface area contributed by atoms with Gasteiger partial charge in [-0.15, -0.1) is 0 Å². The zero-order chi connectivity index (χ0) is 13.8. The maximum absolute atomic E-state index is 12.3. The fourth-order valence-electron chi connectivity index (χ4n) is 2.22. The number of amides is 2. The molecule has 1 heterocycles. The summed E-state index contributed by atoms with van der Waals surface area (Å²) in [7, 11) is 1.51. The van der Waals surface area contributed by atoms with E-state index >= 15 is 0 Å². The number of imide groups is 1. The van der Waals surface area contributed by atoms with Crippen molar-refractivity contribution in [2.24, 2.45) is 0 Å². The molecule has 102 valence electrons. The lowest BCUT2D eigenvalue weighted by atomic mass is 10.1. The number of hydrogen-bond acceptors (Lipinski definition) is 3. The first kappa shape index (κ1) is 14.1. The fourth-order valence-corrected chi connectivity index (χ4v) is 2.61. The summed E-state index contributed by atoms with van der Waals surface area (Å²) in [5.41, 5.74) is 0.848. The first-order valence-electron chi connectivity index (χ1n) is 6.30. The van der Waals surface area contributed by atoms with E-state index in [9.17, 15) is 9.59 Å². The minimum atomic E-state index is -0.240. The highest BCUT2D eigenvalue weighted by Gasteiger charge is 2.37. The fraction of sp³-hybridized carbons (Fsp3) is 0.429. The van der Waals surface area contributed by atoms with Gasteiger partial charge in [-0.05, 0) is 25.0 Å². The van der Waals surface area contributed by atoms with Crippen LogP contribution in [-0.4, -0.2) is 35.7 Å². The Morgan fingerprint density at radius 1 is 1.16 bits per heavy atom. The van der Waals surface area contributed by atoms with Gasteiger partial charge in [0.1, 0.15) is 5.75 Å². The van der Waals surface area contributed by atoms with Crippen LogP contribution in [0.15, 0.2) is 18.2 Å². The number of alkyl halides is 1. The van der Waals surface area contributed by atoms with Crippen LogP contribution in [0.5, 0.6) is 5.75 Å². The third-order valence-electron chi connectivity index (χ3n) is 3.20. The number of carbonyl (C=O) groups is 2. The molecule has 2 rings (SSSR count). The number of hydrogen-bond donors (Lipinski definition) is 0. The number of rotatable bonds is 6. The topological polar surface area (TPSA) is 46.6 Å². The summed E-state index contributed by atoms with van der Waals surface area (Å²) in [5.74, 6) is 0.0212. The normalized spacial score (nSPS) is 13.9. The maximum Gasteiger partial charge on any atom is 0.265 e. The predicted octanol–water partition coefficient (Wildman–Crippen LogP) is 2.86. The minimum Gasteiger partial charge on any atom is -0.496 e. The van der Waals surface area contributed by atoms with Crippen molar-refractivity contribution >= 4 is 27.7 Å². The molecule has 0 fully saturated rings. The maximum atomic E-state index is 12.3. The van der Waals surface area contributed by atoms with Crippen LogP contribution < -0.4 is 4.74 Å². The summed E-state index contributed by atoms with van der Waals surface area (Å²) in [5, 5.41) is 0.947. The third-order valence-corrected chi connectivity index (χ3v) is 3.76. The molecule has 0 unspecified atom stereocenters. The van der Waals surface area contributed by atoms with E-state index in [4.69, 9.17) is 4.74 Å². The van der Waals surface area contributed by atoms with Crippen LogP contribution in [0, 0.1) is 0 Å². The molecule has 1 aromatic rings. The van der Waals surface area contributed by atoms with Gasteiger partial charge < -0.3 is 4.74 Å². The van der Waals surface area contributed by atoms with E-state index in [0.29, 0.717) is 23.4 Å². The number of ether oxygens (including phenoxy) is 1. The number of fused-ring (bicyclic) bond motifs is 1. The van der Waals surface area contributed by atoms with E-state index in [2.05, 4.69) is 15.9 Å². The summed E-state index contributed by atoms with van der Waals surface area (Å²) < 4.78 is 5.16. The quantitative estimate of drug-likeness (QED) is 0.459. The van der Waals surface area contributed by atoms with Gasteiger partial charge in [-0.2, -0.15) is 0 Å². The van der Waals surface area contributed by atoms with Gasteiger partial charge in [0.05, 0.1) is 18.2 Å². The third kappa shape index (κ3) is 2.66. The Balaban J connectivity index is 2.15. The summed E-state index contributed by atoms with van der Waals surface area (Å²) in [6.45, 7) is 0.475. The van der Waals surface area contributed by atoms with Gasteiger partial charge in [0.2, 0.25) is 0 Å². The second kappa shape index (κ2) is 6.19. The van der Waals surface area contributed by atoms with Gasteiger partial charge in [0.15, 0.2) is 0 Å². The van der Waals surface area contributed by atoms with E-state index in [1.54, 1.807) is 18.2 Å². The molecule has 1 aromatic carbocycles. The molecule has 1 aliphatic rings. The van der Waals surface area contributed by atoms with Gasteiger partial charge >= 0.3 is 0 Å². The van der Waals surface area contributed by atoms with E-state index < -0.39 is 0 Å². The number of carbonyl (C=O) groups excluding carboxylic acids is 2. The molecule has 2 amide bonds. The largest absolute Gasteiger partial charge is 0.496 e. The molecule has 0 aromatic heterocycles. The number of halogens is 1. The summed E-state index contributed by atoms with van der Waals surface area (Å²) >= 11 is 3.36. The van der Waals surface area contributed by atoms with Crippen LogP contribution >= 0.6 is 15.9 Å². The lowest BCUT2D eigenvalue weighted by molar-refractivity contribution is 0.0651. The Hall–Kier alpha value is -1.36. The molecule has 0 saturated carbocycles. The second-order valence-electron chi connectivity index (χ2n) is 4.39. The number of nitrogens with zero attached hydrogens (tertiary/aromatic N) is 1. The average Bonchev–Trinajstić information content (AvgIpc) is 2.68. The number of unbranched alkanes of at least 4 members (excludes halogenated alkanes) is 2. The minimum absolute atomic E-state index is 0.210. The van der Waals surface area contributed by atoms with Crippen LogP contribution in [0.25, 0.3) is 0 Å². The molecule has 1 aliphatic heterocycles. The zero-order valence-electron chi connectivity index (χ0n) is 10.8. The molecule has 0 saturated heterocycles. The van der Waals surface area contributed by atoms with Crippen LogP contribution in [0.2, 0.25) is 0 Å². The average molecular weight is 326 g/mol. The van der Waals surface area contributed by atoms with E-state index in [1.807, 2.05) is 0 Å². The highest BCUT2D eigenvalue weighted by molar-refractivity contribution is 9.09. The predicted molar refractivity (Wildman–Crippen MR) is 76.0 cm³/mol. The second-order valence-corrected chi connectivity index (χ2v) is 5.19. The van der Waals surface area contributed by atoms with Gasteiger partial charge in [-0.1, -0.05) is 28.4 Å². The molecule has 0 radical (unpaired) electrons. The van der Waals surface area contributed by atoms with Crippen LogP contribution in [0.1, 0.15) is 40.0 Å². The molecule has 0 atom stereocenters. The van der Waals surface area contributed by atoms with Crippen molar-refractivity contribution < 1.29 is 14.3 Å². The lowest BCUT2D eigenvalue weighted by Gasteiger charge is -2.13. The molecule has 0 spiro atoms. The van der Waals surface area contributed by atoms with E-state index in [0.717, 1.165) is 24.6 Å². The van der Waals surface area contributed by atoms with Crippen molar-refractivity contribution in [1.29, 1.82) is 0 Å². The Morgan fingerprint density at radius 2 is 1.95 bits per heavy atom. The molecule has 4 nitrogen and oxygen atoms in total. The van der Waals surface area contributed by atoms with E-state index in [-0.39, 0.29) is 11.8 Å². The van der Waals surface area contributed by atoms with Gasteiger partial charge in [0, 0.05) is 11.9 Å². The highest BCUT2D eigenvalue weighted by atomic mass is 79.9. The van der Waals surface area contributed by atoms with E-state index in [1.165, 1.54) is 12.0 Å². The summed E-state index contributed by atoms with van der Waals surface area (Å²) in [6, 6.07) is 5.12. The van der Waals surface area contributed by atoms with Crippen molar-refractivity contribution in [2.75, 3.05) is 19.0 Å². The van der Waals surface area contributed by atoms with Crippen molar-refractivity contribution in [3.05, 3.63) is 29.3 Å². The van der Waals surface area contributed by atoms with Crippen molar-refractivity contribution in [3.63, 3.8) is 0 Å². The first-order chi connectivity index (χ1) is 9.20. The Bertz CT molecular complexity index is 501. The standard InChI is InChI=1S/C14H16BrNO3/c1-19-11-7-5-6-10-12(11)14(18)16(13(10)17)9-4-2-3-8-15/h5-7H,2-4,8-9H2,1H3. The Kier molecular flexibility index (Phi) is 4.58. The molecule has 19 heavy (non-hydrogen) atoms. The molecular formula is C14H16BrNO3. The zero-order valence-corrected chi connectivity index (χ0v) is 12.4. The van der Waals surface area contributed by atoms with Crippen LogP contribution in [0.4, 0.5) is 0 Å². The van der Waals surface area contributed by atoms with Crippen molar-refractivity contribution in [1.82, 2.24) is 4.90 Å². The summed E-state index contributed by atoms with van der Waals surface area (Å²) in [6.07, 6.45) is 2.88. The molecule has 0 aliphatic carbocycles. The Morgan fingerprint density at radius 3 is 2.63 bits per heavy atom. The first-order valence-corrected chi connectivity index (χ1v) is 7.42. The molecular weight excluding hydrogens is 310 g/mol. The van der Waals surface area contributed by atoms with Gasteiger partial charge in [-0.25, -0.2) is 0 Å². The molecule has 0 bridgehead atoms. The van der Waals surface area contributed by atoms with Gasteiger partial charge in [-0.3, -0.25) is 14.5 Å². The SMILES string of the molecule is COc1cccc2c1C(=O)N(CCCCCBr)C2=O. The Labute approximate surface area is 120 Å². The highest BCUT2D eigenvalue weighted by Crippen LogP contribution is 2.30. The van der Waals surface area contributed by atoms with Crippen LogP contribution in [0.3, 0.4) is 0 Å². The lowest BCUT2D eigenvalue weighted by Crippen LogP contribution is -2.30. The summed E-state index contributed by atoms with van der Waals surface area (Å²) in [4.78, 5) is 25.8. The van der Waals surface area contributed by atoms with Gasteiger partial charge in [0.25, 0.3) is 11.8 Å². The monoisotopic (exact) mass is 325 g/mol. The number of benzene rings is 1. The molecule has 0 N–H and O–H groups in total. The van der Waals surface area contributed by atoms with Crippen molar-refractivity contribution in [3.8, 4) is 5.75 Å². The van der Waals surface area contributed by atoms with Crippen LogP contribution in [-0.2, 0) is 0 Å². The van der Waals surface area contributed by atoms with Crippen molar-refractivity contribution in [2.45, 2.75) is 19.3 Å². The smallest absolute Gasteiger partial charge is 0.265 e.